The van der Waals surface area contributed by atoms with E-state index in [1.165, 1.54) is 25.7 Å². The molecule has 0 spiro atoms. The lowest BCUT2D eigenvalue weighted by Crippen LogP contribution is -2.48. The van der Waals surface area contributed by atoms with Gasteiger partial charge in [0.15, 0.2) is 5.76 Å². The lowest BCUT2D eigenvalue weighted by molar-refractivity contribution is -0.157. The third-order valence-electron chi connectivity index (χ3n) is 5.95. The van der Waals surface area contributed by atoms with Crippen molar-refractivity contribution in [1.82, 2.24) is 9.80 Å². The van der Waals surface area contributed by atoms with Gasteiger partial charge in [0.1, 0.15) is 0 Å². The van der Waals surface area contributed by atoms with Crippen molar-refractivity contribution >= 4 is 5.91 Å². The molecule has 6 heteroatoms. The van der Waals surface area contributed by atoms with Gasteiger partial charge in [0.25, 0.3) is 5.91 Å². The first kappa shape index (κ1) is 19.6. The molecule has 1 amide bonds. The van der Waals surface area contributed by atoms with Crippen LogP contribution in [0.3, 0.4) is 0 Å². The fraction of sp³-hybridized carbons (Fsp3) is 0.850. The molecule has 2 aliphatic heterocycles. The van der Waals surface area contributed by atoms with E-state index >= 15 is 0 Å². The standard InChI is InChI=1S/C20H34N2O4/c1-21-8-10-22(11-9-21)20(24)18-14-17(16-6-2-3-7-16)15-19(26-18)25-13-5-4-12-23/h14,16-17,19,23H,2-13,15H2,1H3/t17-,19+/m0/s1. The predicted molar refractivity (Wildman–Crippen MR) is 99.4 cm³/mol. The van der Waals surface area contributed by atoms with Crippen molar-refractivity contribution in [3.63, 3.8) is 0 Å². The number of hydrogen-bond acceptors (Lipinski definition) is 5. The molecule has 0 aromatic carbocycles. The molecule has 1 aliphatic carbocycles. The van der Waals surface area contributed by atoms with Crippen molar-refractivity contribution in [3.05, 3.63) is 11.8 Å². The van der Waals surface area contributed by atoms with Crippen LogP contribution in [0, 0.1) is 11.8 Å². The van der Waals surface area contributed by atoms with Crippen LogP contribution in [0.1, 0.15) is 44.9 Å². The minimum Gasteiger partial charge on any atom is -0.459 e. The molecule has 0 aromatic heterocycles. The smallest absolute Gasteiger partial charge is 0.288 e. The van der Waals surface area contributed by atoms with Crippen LogP contribution in [0.2, 0.25) is 0 Å². The minimum atomic E-state index is -0.337. The van der Waals surface area contributed by atoms with E-state index in [1.807, 2.05) is 4.90 Å². The van der Waals surface area contributed by atoms with Crippen LogP contribution in [0.15, 0.2) is 11.8 Å². The number of nitrogens with zero attached hydrogens (tertiary/aromatic N) is 2. The van der Waals surface area contributed by atoms with Crippen molar-refractivity contribution in [2.75, 3.05) is 46.4 Å². The second-order valence-electron chi connectivity index (χ2n) is 7.92. The van der Waals surface area contributed by atoms with Gasteiger partial charge in [-0.15, -0.1) is 0 Å². The van der Waals surface area contributed by atoms with Gasteiger partial charge in [-0.25, -0.2) is 0 Å². The van der Waals surface area contributed by atoms with E-state index in [4.69, 9.17) is 14.6 Å². The van der Waals surface area contributed by atoms with Gasteiger partial charge in [0, 0.05) is 39.2 Å². The number of aliphatic hydroxyl groups is 1. The van der Waals surface area contributed by atoms with Gasteiger partial charge in [-0.2, -0.15) is 0 Å². The van der Waals surface area contributed by atoms with Crippen LogP contribution in [-0.4, -0.2) is 73.5 Å². The zero-order valence-corrected chi connectivity index (χ0v) is 16.1. The molecule has 2 fully saturated rings. The average molecular weight is 367 g/mol. The summed E-state index contributed by atoms with van der Waals surface area (Å²) in [6, 6.07) is 0. The number of aliphatic hydroxyl groups excluding tert-OH is 1. The van der Waals surface area contributed by atoms with Crippen LogP contribution in [-0.2, 0) is 14.3 Å². The number of allylic oxidation sites excluding steroid dienone is 1. The molecule has 3 rings (SSSR count). The zero-order valence-electron chi connectivity index (χ0n) is 16.1. The Balaban J connectivity index is 1.63. The van der Waals surface area contributed by atoms with Gasteiger partial charge in [-0.1, -0.05) is 12.8 Å². The second kappa shape index (κ2) is 9.72. The SMILES string of the molecule is CN1CCN(C(=O)C2=C[C@H](C3CCCC3)C[C@H](OCCCCO)O2)CC1. The van der Waals surface area contributed by atoms with Crippen LogP contribution < -0.4 is 0 Å². The molecule has 148 valence electrons. The fourth-order valence-electron chi connectivity index (χ4n) is 4.25. The Morgan fingerprint density at radius 3 is 2.65 bits per heavy atom. The number of amides is 1. The number of rotatable bonds is 7. The summed E-state index contributed by atoms with van der Waals surface area (Å²) in [6.45, 7) is 4.09. The maximum absolute atomic E-state index is 13.0. The molecule has 1 saturated heterocycles. The first-order valence-electron chi connectivity index (χ1n) is 10.3. The highest BCUT2D eigenvalue weighted by atomic mass is 16.7. The van der Waals surface area contributed by atoms with Gasteiger partial charge in [0.05, 0.1) is 6.61 Å². The highest BCUT2D eigenvalue weighted by molar-refractivity contribution is 5.91. The Hall–Kier alpha value is -1.11. The Labute approximate surface area is 157 Å². The van der Waals surface area contributed by atoms with Crippen LogP contribution in [0.4, 0.5) is 0 Å². The lowest BCUT2D eigenvalue weighted by atomic mass is 9.86. The van der Waals surface area contributed by atoms with Crippen LogP contribution in [0.5, 0.6) is 0 Å². The summed E-state index contributed by atoms with van der Waals surface area (Å²) < 4.78 is 11.9. The van der Waals surface area contributed by atoms with Gasteiger partial charge < -0.3 is 24.4 Å². The summed E-state index contributed by atoms with van der Waals surface area (Å²) in [6.07, 6.45) is 9.21. The number of carbonyl (C=O) groups is 1. The summed E-state index contributed by atoms with van der Waals surface area (Å²) in [5.41, 5.74) is 0. The van der Waals surface area contributed by atoms with E-state index in [-0.39, 0.29) is 18.8 Å². The summed E-state index contributed by atoms with van der Waals surface area (Å²) in [4.78, 5) is 17.1. The van der Waals surface area contributed by atoms with Gasteiger partial charge in [0.2, 0.25) is 6.29 Å². The summed E-state index contributed by atoms with van der Waals surface area (Å²) in [5, 5.41) is 8.92. The molecule has 0 aromatic rings. The second-order valence-corrected chi connectivity index (χ2v) is 7.92. The predicted octanol–water partition coefficient (Wildman–Crippen LogP) is 1.99. The van der Waals surface area contributed by atoms with Crippen molar-refractivity contribution in [2.24, 2.45) is 11.8 Å². The number of carbonyl (C=O) groups excluding carboxylic acids is 1. The maximum Gasteiger partial charge on any atom is 0.288 e. The van der Waals surface area contributed by atoms with E-state index in [0.29, 0.717) is 24.2 Å². The van der Waals surface area contributed by atoms with Crippen LogP contribution >= 0.6 is 0 Å². The lowest BCUT2D eigenvalue weighted by Gasteiger charge is -2.36. The molecule has 6 nitrogen and oxygen atoms in total. The molecule has 0 radical (unpaired) electrons. The quantitative estimate of drug-likeness (QED) is 0.698. The molecule has 0 unspecified atom stereocenters. The van der Waals surface area contributed by atoms with E-state index in [0.717, 1.165) is 45.4 Å². The molecule has 3 aliphatic rings. The third-order valence-corrected chi connectivity index (χ3v) is 5.95. The Morgan fingerprint density at radius 2 is 1.96 bits per heavy atom. The maximum atomic E-state index is 13.0. The number of piperazine rings is 1. The average Bonchev–Trinajstić information content (AvgIpc) is 3.20. The van der Waals surface area contributed by atoms with E-state index < -0.39 is 0 Å². The van der Waals surface area contributed by atoms with Crippen LogP contribution in [0.25, 0.3) is 0 Å². The van der Waals surface area contributed by atoms with Crippen molar-refractivity contribution in [3.8, 4) is 0 Å². The fourth-order valence-corrected chi connectivity index (χ4v) is 4.25. The molecular formula is C20H34N2O4. The summed E-state index contributed by atoms with van der Waals surface area (Å²) in [7, 11) is 2.09. The number of hydrogen-bond donors (Lipinski definition) is 1. The Bertz CT molecular complexity index is 482. The Morgan fingerprint density at radius 1 is 1.23 bits per heavy atom. The molecule has 1 saturated carbocycles. The van der Waals surface area contributed by atoms with Gasteiger partial charge in [-0.05, 0) is 50.6 Å². The molecule has 0 bridgehead atoms. The minimum absolute atomic E-state index is 0.0183. The first-order chi connectivity index (χ1) is 12.7. The Kier molecular flexibility index (Phi) is 7.34. The molecular weight excluding hydrogens is 332 g/mol. The van der Waals surface area contributed by atoms with Gasteiger partial charge >= 0.3 is 0 Å². The highest BCUT2D eigenvalue weighted by Gasteiger charge is 2.35. The molecule has 1 N–H and O–H groups in total. The molecule has 2 heterocycles. The van der Waals surface area contributed by atoms with E-state index in [2.05, 4.69) is 18.0 Å². The molecule has 26 heavy (non-hydrogen) atoms. The topological polar surface area (TPSA) is 62.2 Å². The third kappa shape index (κ3) is 5.21. The number of unbranched alkanes of at least 4 members (excludes halogenated alkanes) is 1. The zero-order chi connectivity index (χ0) is 18.4. The number of likely N-dealkylation sites (N-methyl/N-ethyl adjacent to an activating group) is 1. The first-order valence-corrected chi connectivity index (χ1v) is 10.3. The van der Waals surface area contributed by atoms with E-state index in [9.17, 15) is 4.79 Å². The van der Waals surface area contributed by atoms with Crippen molar-refractivity contribution in [1.29, 1.82) is 0 Å². The van der Waals surface area contributed by atoms with Crippen molar-refractivity contribution < 1.29 is 19.4 Å². The number of ether oxygens (including phenoxy) is 2. The summed E-state index contributed by atoms with van der Waals surface area (Å²) >= 11 is 0. The van der Waals surface area contributed by atoms with Crippen molar-refractivity contribution in [2.45, 2.75) is 51.2 Å². The summed E-state index contributed by atoms with van der Waals surface area (Å²) in [5.74, 6) is 1.54. The molecule has 2 atom stereocenters. The van der Waals surface area contributed by atoms with Gasteiger partial charge in [-0.3, -0.25) is 4.79 Å². The largest absolute Gasteiger partial charge is 0.459 e. The monoisotopic (exact) mass is 366 g/mol. The van der Waals surface area contributed by atoms with E-state index in [1.54, 1.807) is 0 Å². The highest BCUT2D eigenvalue weighted by Crippen LogP contribution is 2.38. The normalized spacial score (nSPS) is 28.1.